The highest BCUT2D eigenvalue weighted by atomic mass is 16.4. The molecule has 2 bridgehead atoms. The first kappa shape index (κ1) is 17.4. The minimum absolute atomic E-state index is 0.163. The molecule has 30 heavy (non-hydrogen) atoms. The van der Waals surface area contributed by atoms with Gasteiger partial charge < -0.3 is 9.52 Å². The summed E-state index contributed by atoms with van der Waals surface area (Å²) in [6, 6.07) is 9.80. The summed E-state index contributed by atoms with van der Waals surface area (Å²) in [7, 11) is 0. The van der Waals surface area contributed by atoms with Crippen LogP contribution in [0.4, 0.5) is 0 Å². The van der Waals surface area contributed by atoms with E-state index in [2.05, 4.69) is 17.3 Å². The number of carbonyl (C=O) groups is 3. The summed E-state index contributed by atoms with van der Waals surface area (Å²) in [5.74, 6) is 0.292. The number of hydrogen-bond donors (Lipinski definition) is 1. The smallest absolute Gasteiger partial charge is 0.335 e. The minimum atomic E-state index is -1.01. The van der Waals surface area contributed by atoms with Crippen LogP contribution in [-0.2, 0) is 9.59 Å². The Hall–Kier alpha value is -3.48. The lowest BCUT2D eigenvalue weighted by atomic mass is 9.63. The zero-order chi connectivity index (χ0) is 20.6. The van der Waals surface area contributed by atoms with E-state index in [1.807, 2.05) is 0 Å². The Bertz CT molecular complexity index is 1130. The van der Waals surface area contributed by atoms with Crippen molar-refractivity contribution in [3.05, 3.63) is 59.9 Å². The molecule has 150 valence electrons. The van der Waals surface area contributed by atoms with Gasteiger partial charge in [-0.1, -0.05) is 24.3 Å². The molecule has 4 aliphatic carbocycles. The Kier molecular flexibility index (Phi) is 3.48. The van der Waals surface area contributed by atoms with Gasteiger partial charge in [-0.15, -0.1) is 0 Å². The third-order valence-corrected chi connectivity index (χ3v) is 6.96. The number of carbonyl (C=O) groups excluding carboxylic acids is 2. The van der Waals surface area contributed by atoms with Gasteiger partial charge in [0, 0.05) is 5.56 Å². The van der Waals surface area contributed by atoms with Crippen LogP contribution in [-0.4, -0.2) is 34.1 Å². The van der Waals surface area contributed by atoms with Gasteiger partial charge in [-0.3, -0.25) is 9.59 Å². The van der Waals surface area contributed by atoms with Crippen molar-refractivity contribution >= 4 is 24.0 Å². The van der Waals surface area contributed by atoms with Crippen LogP contribution in [0.2, 0.25) is 0 Å². The third-order valence-electron chi connectivity index (χ3n) is 6.96. The van der Waals surface area contributed by atoms with Crippen LogP contribution < -0.4 is 0 Å². The van der Waals surface area contributed by atoms with E-state index in [1.54, 1.807) is 24.3 Å². The van der Waals surface area contributed by atoms with Gasteiger partial charge in [0.05, 0.1) is 23.6 Å². The monoisotopic (exact) mass is 402 g/mol. The van der Waals surface area contributed by atoms with E-state index in [0.29, 0.717) is 28.9 Å². The number of imide groups is 1. The summed E-state index contributed by atoms with van der Waals surface area (Å²) in [5.41, 5.74) is 0.784. The fourth-order valence-corrected chi connectivity index (χ4v) is 5.55. The maximum atomic E-state index is 12.9. The number of hydrogen-bond acceptors (Lipinski definition) is 5. The molecule has 1 saturated heterocycles. The minimum Gasteiger partial charge on any atom is -0.478 e. The summed E-state index contributed by atoms with van der Waals surface area (Å²) in [6.07, 6.45) is 6.75. The lowest BCUT2D eigenvalue weighted by Crippen LogP contribution is -2.40. The largest absolute Gasteiger partial charge is 0.478 e. The van der Waals surface area contributed by atoms with Crippen LogP contribution in [0.1, 0.15) is 22.5 Å². The normalized spacial score (nSPS) is 33.3. The number of furan rings is 1. The third kappa shape index (κ3) is 2.38. The zero-order valence-corrected chi connectivity index (χ0v) is 15.8. The molecule has 7 rings (SSSR count). The van der Waals surface area contributed by atoms with Crippen molar-refractivity contribution < 1.29 is 23.9 Å². The Morgan fingerprint density at radius 2 is 1.77 bits per heavy atom. The van der Waals surface area contributed by atoms with Crippen LogP contribution in [0.25, 0.3) is 11.3 Å². The number of benzene rings is 1. The predicted octanol–water partition coefficient (Wildman–Crippen LogP) is 3.03. The van der Waals surface area contributed by atoms with Gasteiger partial charge in [-0.25, -0.2) is 4.79 Å². The summed E-state index contributed by atoms with van der Waals surface area (Å²) in [5, 5.41) is 14.3. The molecule has 0 unspecified atom stereocenters. The molecule has 0 radical (unpaired) electrons. The molecule has 1 aromatic heterocycles. The summed E-state index contributed by atoms with van der Waals surface area (Å²) in [4.78, 5) is 37.0. The number of hydrazone groups is 1. The van der Waals surface area contributed by atoms with E-state index >= 15 is 0 Å². The van der Waals surface area contributed by atoms with Crippen molar-refractivity contribution in [3.8, 4) is 11.3 Å². The highest BCUT2D eigenvalue weighted by Crippen LogP contribution is 2.65. The molecule has 6 atom stereocenters. The number of carboxylic acids is 1. The van der Waals surface area contributed by atoms with E-state index in [4.69, 9.17) is 9.52 Å². The fraction of sp³-hybridized carbons (Fsp3) is 0.304. The Labute approximate surface area is 171 Å². The highest BCUT2D eigenvalue weighted by Gasteiger charge is 2.67. The standard InChI is InChI=1S/C23H18N2O5/c26-21-19-14-5-6-15(17-9-16(14)17)20(19)22(27)25(21)24-10-13-4-7-18(30-13)11-2-1-3-12(8-11)23(28)29/h1-8,10,14-17,19-20H,9H2,(H,28,29)/b24-10-/t14-,15-,16-,17+,19-,20+/m0/s1. The average molecular weight is 402 g/mol. The van der Waals surface area contributed by atoms with Gasteiger partial charge in [0.15, 0.2) is 0 Å². The second-order valence-corrected chi connectivity index (χ2v) is 8.48. The molecule has 2 heterocycles. The van der Waals surface area contributed by atoms with Crippen molar-refractivity contribution in [2.45, 2.75) is 6.42 Å². The Balaban J connectivity index is 1.24. The van der Waals surface area contributed by atoms with Gasteiger partial charge in [0.2, 0.25) is 0 Å². The van der Waals surface area contributed by atoms with E-state index < -0.39 is 5.97 Å². The molecule has 2 saturated carbocycles. The molecule has 3 fully saturated rings. The number of aromatic carboxylic acids is 1. The number of amides is 2. The van der Waals surface area contributed by atoms with Crippen molar-refractivity contribution in [3.63, 3.8) is 0 Å². The van der Waals surface area contributed by atoms with Gasteiger partial charge in [-0.05, 0) is 54.4 Å². The zero-order valence-electron chi connectivity index (χ0n) is 15.8. The van der Waals surface area contributed by atoms with Crippen molar-refractivity contribution in [1.82, 2.24) is 5.01 Å². The van der Waals surface area contributed by atoms with Crippen LogP contribution in [0.15, 0.2) is 58.1 Å². The summed E-state index contributed by atoms with van der Waals surface area (Å²) >= 11 is 0. The maximum absolute atomic E-state index is 12.9. The van der Waals surface area contributed by atoms with E-state index in [-0.39, 0.29) is 41.0 Å². The molecule has 7 nitrogen and oxygen atoms in total. The van der Waals surface area contributed by atoms with Crippen LogP contribution in [0, 0.1) is 35.5 Å². The maximum Gasteiger partial charge on any atom is 0.335 e. The van der Waals surface area contributed by atoms with E-state index in [0.717, 1.165) is 11.4 Å². The molecule has 1 N–H and O–H groups in total. The highest BCUT2D eigenvalue weighted by molar-refractivity contribution is 6.06. The first-order valence-electron chi connectivity index (χ1n) is 10.1. The van der Waals surface area contributed by atoms with Gasteiger partial charge in [0.1, 0.15) is 11.5 Å². The molecule has 7 heteroatoms. The molecular weight excluding hydrogens is 384 g/mol. The molecule has 2 amide bonds. The van der Waals surface area contributed by atoms with E-state index in [1.165, 1.54) is 18.3 Å². The molecule has 5 aliphatic rings. The lowest BCUT2D eigenvalue weighted by molar-refractivity contribution is -0.140. The molecule has 1 aliphatic heterocycles. The predicted molar refractivity (Wildman–Crippen MR) is 105 cm³/mol. The second kappa shape index (κ2) is 6.01. The second-order valence-electron chi connectivity index (χ2n) is 8.48. The van der Waals surface area contributed by atoms with Gasteiger partial charge >= 0.3 is 5.97 Å². The topological polar surface area (TPSA) is 100 Å². The van der Waals surface area contributed by atoms with Gasteiger partial charge in [0.25, 0.3) is 11.8 Å². The van der Waals surface area contributed by atoms with Crippen LogP contribution in [0.5, 0.6) is 0 Å². The van der Waals surface area contributed by atoms with Crippen LogP contribution >= 0.6 is 0 Å². The first-order valence-corrected chi connectivity index (χ1v) is 10.1. The Morgan fingerprint density at radius 3 is 2.43 bits per heavy atom. The Morgan fingerprint density at radius 1 is 1.07 bits per heavy atom. The number of carboxylic acid groups (broad SMARTS) is 1. The van der Waals surface area contributed by atoms with Gasteiger partial charge in [-0.2, -0.15) is 10.1 Å². The summed E-state index contributed by atoms with van der Waals surface area (Å²) < 4.78 is 5.73. The first-order chi connectivity index (χ1) is 14.5. The number of allylic oxidation sites excluding steroid dienone is 2. The van der Waals surface area contributed by atoms with Crippen molar-refractivity contribution in [1.29, 1.82) is 0 Å². The molecular formula is C23H18N2O5. The molecule has 0 spiro atoms. The van der Waals surface area contributed by atoms with Crippen LogP contribution in [0.3, 0.4) is 0 Å². The molecule has 1 aromatic carbocycles. The fourth-order valence-electron chi connectivity index (χ4n) is 5.55. The summed E-state index contributed by atoms with van der Waals surface area (Å²) in [6.45, 7) is 0. The van der Waals surface area contributed by atoms with E-state index in [9.17, 15) is 14.4 Å². The number of rotatable bonds is 4. The van der Waals surface area contributed by atoms with Crippen molar-refractivity contribution in [2.24, 2.45) is 40.6 Å². The lowest BCUT2D eigenvalue weighted by Gasteiger charge is -2.37. The average Bonchev–Trinajstić information content (AvgIpc) is 3.39. The quantitative estimate of drug-likeness (QED) is 0.481. The molecule has 2 aromatic rings. The SMILES string of the molecule is O=C(O)c1cccc(-c2ccc(/C=N\N3C(=O)[C@@H]4[C@H]5C=C[C@@H]([C@@H]6C[C@H]56)[C@@H]4C3=O)o2)c1. The number of nitrogens with zero attached hydrogens (tertiary/aromatic N) is 2. The van der Waals surface area contributed by atoms with Crippen molar-refractivity contribution in [2.75, 3.05) is 0 Å².